The Hall–Kier alpha value is -1.14. The van der Waals surface area contributed by atoms with Crippen molar-refractivity contribution in [1.82, 2.24) is 5.32 Å². The van der Waals surface area contributed by atoms with Gasteiger partial charge in [0.1, 0.15) is 0 Å². The quantitative estimate of drug-likeness (QED) is 0.375. The van der Waals surface area contributed by atoms with Crippen LogP contribution in [0.1, 0.15) is 42.5 Å². The van der Waals surface area contributed by atoms with E-state index in [0.29, 0.717) is 4.47 Å². The van der Waals surface area contributed by atoms with Crippen molar-refractivity contribution in [2.45, 2.75) is 43.5 Å². The van der Waals surface area contributed by atoms with Crippen molar-refractivity contribution in [2.75, 3.05) is 0 Å². The third kappa shape index (κ3) is 4.41. The van der Waals surface area contributed by atoms with Gasteiger partial charge in [0.05, 0.1) is 10.3 Å². The average Bonchev–Trinajstić information content (AvgIpc) is 2.63. The topological polar surface area (TPSA) is 72.2 Å². The van der Waals surface area contributed by atoms with Crippen LogP contribution in [0.5, 0.6) is 0 Å². The van der Waals surface area contributed by atoms with E-state index in [1.165, 1.54) is 12.1 Å². The number of benzene rings is 1. The summed E-state index contributed by atoms with van der Waals surface area (Å²) >= 11 is 9.49. The predicted octanol–water partition coefficient (Wildman–Crippen LogP) is 4.03. The largest absolute Gasteiger partial charge is 0.348 e. The van der Waals surface area contributed by atoms with Gasteiger partial charge in [-0.15, -0.1) is 11.6 Å². The molecule has 114 valence electrons. The number of nitro groups is 1. The zero-order valence-electron chi connectivity index (χ0n) is 11.4. The first kappa shape index (κ1) is 16.2. The molecule has 0 bridgehead atoms. The van der Waals surface area contributed by atoms with E-state index in [9.17, 15) is 14.9 Å². The van der Waals surface area contributed by atoms with Gasteiger partial charge in [0, 0.05) is 28.2 Å². The Morgan fingerprint density at radius 1 is 1.29 bits per heavy atom. The molecule has 0 spiro atoms. The number of carbonyl (C=O) groups excluding carboxylic acids is 1. The number of non-ortho nitro benzene ring substituents is 1. The molecule has 0 heterocycles. The molecule has 0 aliphatic heterocycles. The van der Waals surface area contributed by atoms with E-state index in [0.717, 1.165) is 32.1 Å². The van der Waals surface area contributed by atoms with Crippen molar-refractivity contribution in [2.24, 2.45) is 0 Å². The second-order valence-corrected chi connectivity index (χ2v) is 6.67. The minimum Gasteiger partial charge on any atom is -0.348 e. The first-order valence-corrected chi connectivity index (χ1v) is 8.10. The van der Waals surface area contributed by atoms with Crippen LogP contribution in [0.3, 0.4) is 0 Å². The van der Waals surface area contributed by atoms with Crippen LogP contribution in [-0.4, -0.2) is 22.2 Å². The van der Waals surface area contributed by atoms with E-state index in [2.05, 4.69) is 21.2 Å². The number of amides is 1. The van der Waals surface area contributed by atoms with Crippen LogP contribution in [0.25, 0.3) is 0 Å². The summed E-state index contributed by atoms with van der Waals surface area (Å²) in [6, 6.07) is 4.13. The first-order chi connectivity index (χ1) is 9.97. The van der Waals surface area contributed by atoms with Crippen LogP contribution < -0.4 is 5.32 Å². The number of hydrogen-bond donors (Lipinski definition) is 1. The number of halogens is 2. The van der Waals surface area contributed by atoms with E-state index in [1.807, 2.05) is 0 Å². The summed E-state index contributed by atoms with van der Waals surface area (Å²) in [7, 11) is 0. The number of nitro benzene ring substituents is 1. The number of hydrogen-bond acceptors (Lipinski definition) is 3. The van der Waals surface area contributed by atoms with Gasteiger partial charge in [-0.2, -0.15) is 0 Å². The van der Waals surface area contributed by atoms with Crippen molar-refractivity contribution in [3.05, 3.63) is 38.3 Å². The van der Waals surface area contributed by atoms with E-state index in [-0.39, 0.29) is 28.6 Å². The molecule has 21 heavy (non-hydrogen) atoms. The van der Waals surface area contributed by atoms with Crippen molar-refractivity contribution in [1.29, 1.82) is 0 Å². The van der Waals surface area contributed by atoms with Gasteiger partial charge < -0.3 is 5.32 Å². The molecule has 5 nitrogen and oxygen atoms in total. The summed E-state index contributed by atoms with van der Waals surface area (Å²) < 4.78 is 0.505. The van der Waals surface area contributed by atoms with Crippen molar-refractivity contribution in [3.63, 3.8) is 0 Å². The fourth-order valence-corrected chi connectivity index (χ4v) is 3.31. The van der Waals surface area contributed by atoms with Crippen molar-refractivity contribution < 1.29 is 9.72 Å². The Morgan fingerprint density at radius 3 is 2.71 bits per heavy atom. The molecular formula is C14H16BrClN2O3. The van der Waals surface area contributed by atoms with Crippen LogP contribution in [-0.2, 0) is 0 Å². The molecule has 7 heteroatoms. The highest BCUT2D eigenvalue weighted by atomic mass is 79.9. The molecule has 1 aromatic rings. The molecule has 1 aliphatic rings. The Bertz CT molecular complexity index is 553. The number of alkyl halides is 1. The molecule has 2 unspecified atom stereocenters. The molecule has 1 saturated carbocycles. The number of rotatable bonds is 3. The van der Waals surface area contributed by atoms with Gasteiger partial charge in [-0.25, -0.2) is 0 Å². The van der Waals surface area contributed by atoms with Crippen LogP contribution in [0.2, 0.25) is 0 Å². The number of nitrogens with one attached hydrogen (secondary N) is 1. The molecule has 1 aliphatic carbocycles. The summed E-state index contributed by atoms with van der Waals surface area (Å²) in [5.41, 5.74) is 0.155. The van der Waals surface area contributed by atoms with E-state index >= 15 is 0 Å². The summed E-state index contributed by atoms with van der Waals surface area (Å²) in [6.07, 6.45) is 4.95. The molecule has 2 rings (SSSR count). The highest BCUT2D eigenvalue weighted by Gasteiger charge is 2.24. The maximum Gasteiger partial charge on any atom is 0.271 e. The molecule has 1 amide bonds. The fourth-order valence-electron chi connectivity index (χ4n) is 2.49. The highest BCUT2D eigenvalue weighted by Crippen LogP contribution is 2.24. The van der Waals surface area contributed by atoms with Gasteiger partial charge in [-0.05, 0) is 18.9 Å². The van der Waals surface area contributed by atoms with E-state index in [4.69, 9.17) is 11.6 Å². The van der Waals surface area contributed by atoms with Gasteiger partial charge in [-0.3, -0.25) is 14.9 Å². The molecule has 2 atom stereocenters. The summed E-state index contributed by atoms with van der Waals surface area (Å²) in [5.74, 6) is -0.322. The van der Waals surface area contributed by atoms with Crippen LogP contribution >= 0.6 is 27.5 Å². The lowest BCUT2D eigenvalue weighted by atomic mass is 10.1. The van der Waals surface area contributed by atoms with Crippen LogP contribution in [0.4, 0.5) is 5.69 Å². The lowest BCUT2D eigenvalue weighted by Gasteiger charge is -2.21. The molecule has 1 aromatic carbocycles. The maximum atomic E-state index is 12.3. The highest BCUT2D eigenvalue weighted by molar-refractivity contribution is 9.10. The second-order valence-electron chi connectivity index (χ2n) is 5.19. The summed E-state index contributed by atoms with van der Waals surface area (Å²) in [6.45, 7) is 0. The van der Waals surface area contributed by atoms with Crippen molar-refractivity contribution in [3.8, 4) is 0 Å². The second kappa shape index (κ2) is 7.22. The van der Waals surface area contributed by atoms with Gasteiger partial charge in [0.25, 0.3) is 11.6 Å². The molecule has 0 aromatic heterocycles. The zero-order chi connectivity index (χ0) is 15.4. The number of nitrogens with zero attached hydrogens (tertiary/aromatic N) is 1. The summed E-state index contributed by atoms with van der Waals surface area (Å²) in [4.78, 5) is 22.6. The monoisotopic (exact) mass is 374 g/mol. The molecule has 1 N–H and O–H groups in total. The Kier molecular flexibility index (Phi) is 5.58. The lowest BCUT2D eigenvalue weighted by Crippen LogP contribution is -2.40. The number of carbonyl (C=O) groups is 1. The molecule has 0 saturated heterocycles. The Morgan fingerprint density at radius 2 is 2.00 bits per heavy atom. The van der Waals surface area contributed by atoms with E-state index in [1.54, 1.807) is 6.07 Å². The molecular weight excluding hydrogens is 360 g/mol. The standard InChI is InChI=1S/C14H16BrClN2O3/c15-10-6-9(7-11(8-10)18(20)21)14(19)17-13-5-3-1-2-4-12(13)16/h6-8,12-13H,1-5H2,(H,17,19). The third-order valence-electron chi connectivity index (χ3n) is 3.60. The van der Waals surface area contributed by atoms with Gasteiger partial charge in [0.15, 0.2) is 0 Å². The molecule has 1 fully saturated rings. The summed E-state index contributed by atoms with van der Waals surface area (Å²) in [5, 5.41) is 13.7. The SMILES string of the molecule is O=C(NC1CCCCCC1Cl)c1cc(Br)cc([N+](=O)[O-])c1. The minimum atomic E-state index is -0.516. The van der Waals surface area contributed by atoms with Crippen LogP contribution in [0, 0.1) is 10.1 Å². The smallest absolute Gasteiger partial charge is 0.271 e. The molecule has 0 radical (unpaired) electrons. The lowest BCUT2D eigenvalue weighted by molar-refractivity contribution is -0.385. The van der Waals surface area contributed by atoms with Crippen molar-refractivity contribution >= 4 is 39.1 Å². The third-order valence-corrected chi connectivity index (χ3v) is 4.58. The predicted molar refractivity (Wildman–Crippen MR) is 84.8 cm³/mol. The Labute approximate surface area is 136 Å². The normalized spacial score (nSPS) is 22.4. The Balaban J connectivity index is 2.14. The van der Waals surface area contributed by atoms with Gasteiger partial charge >= 0.3 is 0 Å². The first-order valence-electron chi connectivity index (χ1n) is 6.87. The average molecular weight is 376 g/mol. The van der Waals surface area contributed by atoms with Gasteiger partial charge in [-0.1, -0.05) is 35.2 Å². The van der Waals surface area contributed by atoms with Crippen LogP contribution in [0.15, 0.2) is 22.7 Å². The minimum absolute atomic E-state index is 0.0836. The zero-order valence-corrected chi connectivity index (χ0v) is 13.7. The fraction of sp³-hybridized carbons (Fsp3) is 0.500. The van der Waals surface area contributed by atoms with E-state index < -0.39 is 4.92 Å². The maximum absolute atomic E-state index is 12.3. The van der Waals surface area contributed by atoms with Gasteiger partial charge in [0.2, 0.25) is 0 Å².